The highest BCUT2D eigenvalue weighted by Gasteiger charge is 2.22. The highest BCUT2D eigenvalue weighted by molar-refractivity contribution is 6.18. The lowest BCUT2D eigenvalue weighted by Crippen LogP contribution is -1.96. The van der Waals surface area contributed by atoms with Crippen LogP contribution in [-0.4, -0.2) is 14.5 Å². The Morgan fingerprint density at radius 1 is 0.583 bits per heavy atom. The van der Waals surface area contributed by atoms with E-state index in [9.17, 15) is 0 Å². The molecular weight excluding hydrogens is 587 g/mol. The zero-order valence-electron chi connectivity index (χ0n) is 26.1. The Balaban J connectivity index is 1.26. The molecule has 0 N–H and O–H groups in total. The normalized spacial score (nSPS) is 13.3. The van der Waals surface area contributed by atoms with Crippen LogP contribution in [0, 0.1) is 0 Å². The highest BCUT2D eigenvalue weighted by atomic mass is 16.3. The van der Waals surface area contributed by atoms with Crippen molar-refractivity contribution in [2.75, 3.05) is 0 Å². The molecule has 0 unspecified atom stereocenters. The third kappa shape index (κ3) is 4.02. The maximum Gasteiger partial charge on any atom is 0.160 e. The van der Waals surface area contributed by atoms with Gasteiger partial charge in [-0.25, -0.2) is 9.97 Å². The van der Waals surface area contributed by atoms with Crippen LogP contribution in [0.4, 0.5) is 0 Å². The van der Waals surface area contributed by atoms with Gasteiger partial charge in [-0.3, -0.25) is 0 Å². The van der Waals surface area contributed by atoms with Crippen molar-refractivity contribution in [1.82, 2.24) is 14.5 Å². The standard InChI is InChI=1S/C44H29N3O/c1-3-14-28(15-4-1)30-20-11-25-37-40(30)32-19-8-10-24-36(32)47(37)38-26-12-22-34-41-33(21-13-27-39(41)48-43(34)38)42-31-18-7-9-23-35(31)45-44(46-42)29-16-5-2-6-17-29/h1-3,5-14,16-27H,4,15H2. The maximum atomic E-state index is 6.86. The van der Waals surface area contributed by atoms with Gasteiger partial charge in [0.2, 0.25) is 0 Å². The number of allylic oxidation sites excluding steroid dienone is 4. The van der Waals surface area contributed by atoms with Crippen LogP contribution in [0.1, 0.15) is 18.4 Å². The van der Waals surface area contributed by atoms with Gasteiger partial charge in [0.15, 0.2) is 11.4 Å². The van der Waals surface area contributed by atoms with Crippen LogP contribution in [0.25, 0.3) is 88.6 Å². The lowest BCUT2D eigenvalue weighted by Gasteiger charge is -2.12. The summed E-state index contributed by atoms with van der Waals surface area (Å²) in [5, 5.41) is 5.65. The van der Waals surface area contributed by atoms with E-state index in [2.05, 4.69) is 132 Å². The molecule has 4 nitrogen and oxygen atoms in total. The molecule has 1 aliphatic carbocycles. The fraction of sp³-hybridized carbons (Fsp3) is 0.0455. The van der Waals surface area contributed by atoms with E-state index >= 15 is 0 Å². The average Bonchev–Trinajstić information content (AvgIpc) is 3.71. The molecule has 0 spiro atoms. The van der Waals surface area contributed by atoms with E-state index in [1.54, 1.807) is 0 Å². The average molecular weight is 616 g/mol. The summed E-state index contributed by atoms with van der Waals surface area (Å²) in [4.78, 5) is 10.2. The molecule has 3 heterocycles. The number of aromatic nitrogens is 3. The molecule has 0 bridgehead atoms. The van der Waals surface area contributed by atoms with Crippen LogP contribution in [0.3, 0.4) is 0 Å². The number of rotatable bonds is 4. The number of para-hydroxylation sites is 3. The van der Waals surface area contributed by atoms with Gasteiger partial charge in [0, 0.05) is 38.1 Å². The minimum Gasteiger partial charge on any atom is -0.454 e. The van der Waals surface area contributed by atoms with E-state index in [1.165, 1.54) is 27.4 Å². The molecule has 0 saturated heterocycles. The van der Waals surface area contributed by atoms with E-state index in [4.69, 9.17) is 14.4 Å². The Labute approximate surface area is 276 Å². The van der Waals surface area contributed by atoms with E-state index in [0.717, 1.165) is 73.7 Å². The van der Waals surface area contributed by atoms with Crippen molar-refractivity contribution in [3.63, 3.8) is 0 Å². The van der Waals surface area contributed by atoms with Crippen molar-refractivity contribution in [2.45, 2.75) is 12.8 Å². The van der Waals surface area contributed by atoms with Crippen LogP contribution in [0.5, 0.6) is 0 Å². The molecule has 0 aliphatic heterocycles. The van der Waals surface area contributed by atoms with Gasteiger partial charge >= 0.3 is 0 Å². The summed E-state index contributed by atoms with van der Waals surface area (Å²) in [6.45, 7) is 0. The van der Waals surface area contributed by atoms with Gasteiger partial charge in [0.1, 0.15) is 5.58 Å². The van der Waals surface area contributed by atoms with E-state index < -0.39 is 0 Å². The summed E-state index contributed by atoms with van der Waals surface area (Å²) < 4.78 is 9.24. The highest BCUT2D eigenvalue weighted by Crippen LogP contribution is 2.43. The van der Waals surface area contributed by atoms with Crippen LogP contribution in [-0.2, 0) is 0 Å². The summed E-state index contributed by atoms with van der Waals surface area (Å²) in [6, 6.07) is 46.7. The van der Waals surface area contributed by atoms with Crippen molar-refractivity contribution >= 4 is 60.2 Å². The Kier molecular flexibility index (Phi) is 5.97. The van der Waals surface area contributed by atoms with Crippen molar-refractivity contribution in [1.29, 1.82) is 0 Å². The summed E-state index contributed by atoms with van der Waals surface area (Å²) >= 11 is 0. The topological polar surface area (TPSA) is 43.9 Å². The second-order valence-corrected chi connectivity index (χ2v) is 12.4. The molecule has 9 aromatic rings. The van der Waals surface area contributed by atoms with Gasteiger partial charge in [0.05, 0.1) is 27.9 Å². The molecule has 10 rings (SSSR count). The third-order valence-electron chi connectivity index (χ3n) is 9.69. The first-order valence-electron chi connectivity index (χ1n) is 16.5. The van der Waals surface area contributed by atoms with Crippen LogP contribution in [0.2, 0.25) is 0 Å². The number of benzene rings is 6. The van der Waals surface area contributed by atoms with Gasteiger partial charge in [-0.2, -0.15) is 0 Å². The predicted octanol–water partition coefficient (Wildman–Crippen LogP) is 11.7. The Morgan fingerprint density at radius 2 is 1.33 bits per heavy atom. The molecule has 0 saturated carbocycles. The molecule has 0 amide bonds. The van der Waals surface area contributed by atoms with E-state index in [-0.39, 0.29) is 0 Å². The number of hydrogen-bond donors (Lipinski definition) is 0. The lowest BCUT2D eigenvalue weighted by atomic mass is 9.93. The molecule has 4 heteroatoms. The van der Waals surface area contributed by atoms with Gasteiger partial charge in [-0.15, -0.1) is 0 Å². The van der Waals surface area contributed by atoms with Gasteiger partial charge in [-0.05, 0) is 54.3 Å². The monoisotopic (exact) mass is 615 g/mol. The van der Waals surface area contributed by atoms with Crippen LogP contribution >= 0.6 is 0 Å². The molecule has 0 atom stereocenters. The fourth-order valence-corrected chi connectivity index (χ4v) is 7.58. The zero-order valence-corrected chi connectivity index (χ0v) is 26.1. The quantitative estimate of drug-likeness (QED) is 0.198. The molecule has 0 radical (unpaired) electrons. The summed E-state index contributed by atoms with van der Waals surface area (Å²) in [6.07, 6.45) is 8.81. The first kappa shape index (κ1) is 26.9. The fourth-order valence-electron chi connectivity index (χ4n) is 7.58. The molecule has 3 aromatic heterocycles. The SMILES string of the molecule is C1=CCCC(c2cccc3c2c2ccccc2n3-c2cccc3c2oc2cccc(-c4nc(-c5ccccc5)nc5ccccc45)c23)=C1. The molecule has 6 aromatic carbocycles. The first-order valence-corrected chi connectivity index (χ1v) is 16.5. The maximum absolute atomic E-state index is 6.86. The minimum atomic E-state index is 0.708. The van der Waals surface area contributed by atoms with E-state index in [1.807, 2.05) is 24.3 Å². The third-order valence-corrected chi connectivity index (χ3v) is 9.69. The molecule has 226 valence electrons. The van der Waals surface area contributed by atoms with Crippen molar-refractivity contribution in [3.05, 3.63) is 157 Å². The van der Waals surface area contributed by atoms with Crippen molar-refractivity contribution < 1.29 is 4.42 Å². The summed E-state index contributed by atoms with van der Waals surface area (Å²) in [5.74, 6) is 0.708. The molecule has 48 heavy (non-hydrogen) atoms. The Morgan fingerprint density at radius 3 is 2.23 bits per heavy atom. The molecular formula is C44H29N3O. The smallest absolute Gasteiger partial charge is 0.160 e. The first-order chi connectivity index (χ1) is 23.8. The number of nitrogens with zero attached hydrogens (tertiary/aromatic N) is 3. The number of hydrogen-bond acceptors (Lipinski definition) is 3. The lowest BCUT2D eigenvalue weighted by molar-refractivity contribution is 0.666. The van der Waals surface area contributed by atoms with E-state index in [0.29, 0.717) is 5.82 Å². The van der Waals surface area contributed by atoms with Gasteiger partial charge in [0.25, 0.3) is 0 Å². The van der Waals surface area contributed by atoms with Gasteiger partial charge < -0.3 is 8.98 Å². The predicted molar refractivity (Wildman–Crippen MR) is 198 cm³/mol. The minimum absolute atomic E-state index is 0.708. The summed E-state index contributed by atoms with van der Waals surface area (Å²) in [7, 11) is 0. The largest absolute Gasteiger partial charge is 0.454 e. The van der Waals surface area contributed by atoms with Crippen LogP contribution in [0.15, 0.2) is 156 Å². The van der Waals surface area contributed by atoms with Gasteiger partial charge in [-0.1, -0.05) is 121 Å². The molecule has 0 fully saturated rings. The molecule has 1 aliphatic rings. The van der Waals surface area contributed by atoms with Crippen molar-refractivity contribution in [3.8, 4) is 28.3 Å². The zero-order chi connectivity index (χ0) is 31.6. The van der Waals surface area contributed by atoms with Crippen molar-refractivity contribution in [2.24, 2.45) is 0 Å². The number of fused-ring (bicyclic) bond motifs is 7. The second kappa shape index (κ2) is 10.6. The summed E-state index contributed by atoms with van der Waals surface area (Å²) in [5.41, 5.74) is 11.6. The Hall–Kier alpha value is -6.26. The second-order valence-electron chi connectivity index (χ2n) is 12.4. The number of furan rings is 1. The van der Waals surface area contributed by atoms with Crippen LogP contribution < -0.4 is 0 Å². The Bertz CT molecular complexity index is 2780.